The molecule has 1 aromatic rings. The molecule has 0 spiro atoms. The van der Waals surface area contributed by atoms with Crippen LogP contribution >= 0.6 is 0 Å². The number of halogens is 1. The third kappa shape index (κ3) is 1.81. The number of isocyanates is 1. The zero-order valence-corrected chi connectivity index (χ0v) is 7.15. The fraction of sp³-hybridized carbons (Fsp3) is 0.125. The van der Waals surface area contributed by atoms with Gasteiger partial charge in [0.1, 0.15) is 0 Å². The number of rotatable bonds is 2. The predicted octanol–water partition coefficient (Wildman–Crippen LogP) is 2.01. The highest BCUT2D eigenvalue weighted by atomic mass is 19.1. The molecule has 0 saturated carbocycles. The number of hydrogen-bond acceptors (Lipinski definition) is 4. The molecule has 0 N–H and O–H groups in total. The highest BCUT2D eigenvalue weighted by Gasteiger charge is 2.17. The molecule has 0 amide bonds. The number of nitro groups is 1. The molecule has 0 aromatic heterocycles. The van der Waals surface area contributed by atoms with E-state index in [4.69, 9.17) is 0 Å². The summed E-state index contributed by atoms with van der Waals surface area (Å²) in [7, 11) is 0. The Morgan fingerprint density at radius 2 is 2.21 bits per heavy atom. The fourth-order valence-electron chi connectivity index (χ4n) is 0.982. The van der Waals surface area contributed by atoms with Gasteiger partial charge in [0.2, 0.25) is 11.9 Å². The van der Waals surface area contributed by atoms with Crippen molar-refractivity contribution in [2.45, 2.75) is 6.92 Å². The predicted molar refractivity (Wildman–Crippen MR) is 45.6 cm³/mol. The minimum atomic E-state index is -0.917. The maximum atomic E-state index is 13.1. The van der Waals surface area contributed by atoms with Gasteiger partial charge >= 0.3 is 5.69 Å². The molecular weight excluding hydrogens is 191 g/mol. The van der Waals surface area contributed by atoms with Crippen molar-refractivity contribution in [1.29, 1.82) is 0 Å². The summed E-state index contributed by atoms with van der Waals surface area (Å²) in [6.45, 7) is 1.35. The minimum Gasteiger partial charge on any atom is -0.258 e. The van der Waals surface area contributed by atoms with Crippen LogP contribution in [0.1, 0.15) is 5.56 Å². The van der Waals surface area contributed by atoms with Crippen LogP contribution < -0.4 is 0 Å². The van der Waals surface area contributed by atoms with E-state index in [-0.39, 0.29) is 11.3 Å². The third-order valence-corrected chi connectivity index (χ3v) is 1.59. The third-order valence-electron chi connectivity index (χ3n) is 1.59. The van der Waals surface area contributed by atoms with Crippen molar-refractivity contribution in [3.63, 3.8) is 0 Å². The van der Waals surface area contributed by atoms with E-state index in [1.165, 1.54) is 19.1 Å². The lowest BCUT2D eigenvalue weighted by atomic mass is 10.2. The molecule has 0 aliphatic carbocycles. The Bertz CT molecular complexity index is 438. The molecule has 0 bridgehead atoms. The number of aliphatic imine (C=N–C) groups is 1. The van der Waals surface area contributed by atoms with Crippen LogP contribution in [0.3, 0.4) is 0 Å². The smallest absolute Gasteiger partial charge is 0.258 e. The van der Waals surface area contributed by atoms with E-state index in [0.717, 1.165) is 6.07 Å². The molecule has 0 saturated heterocycles. The first kappa shape index (κ1) is 10.0. The van der Waals surface area contributed by atoms with Crippen LogP contribution in [0.4, 0.5) is 15.8 Å². The lowest BCUT2D eigenvalue weighted by molar-refractivity contribution is -0.387. The lowest BCUT2D eigenvalue weighted by Crippen LogP contribution is -1.94. The van der Waals surface area contributed by atoms with Crippen molar-refractivity contribution in [1.82, 2.24) is 0 Å². The van der Waals surface area contributed by atoms with Gasteiger partial charge < -0.3 is 0 Å². The van der Waals surface area contributed by atoms with Gasteiger partial charge in [-0.1, -0.05) is 0 Å². The number of nitro benzene ring substituents is 1. The highest BCUT2D eigenvalue weighted by Crippen LogP contribution is 2.26. The molecule has 0 unspecified atom stereocenters. The number of hydrogen-bond donors (Lipinski definition) is 0. The van der Waals surface area contributed by atoms with E-state index in [9.17, 15) is 19.3 Å². The summed E-state index contributed by atoms with van der Waals surface area (Å²) in [5.74, 6) is -0.917. The fourth-order valence-corrected chi connectivity index (χ4v) is 0.982. The molecule has 0 heterocycles. The van der Waals surface area contributed by atoms with E-state index >= 15 is 0 Å². The Balaban J connectivity index is 3.42. The van der Waals surface area contributed by atoms with Crippen molar-refractivity contribution < 1.29 is 14.1 Å². The molecule has 6 heteroatoms. The van der Waals surface area contributed by atoms with E-state index in [1.807, 2.05) is 0 Å². The normalized spacial score (nSPS) is 9.29. The first-order valence-corrected chi connectivity index (χ1v) is 3.58. The summed E-state index contributed by atoms with van der Waals surface area (Å²) in [6, 6.07) is 2.11. The van der Waals surface area contributed by atoms with Gasteiger partial charge in [0.05, 0.1) is 10.6 Å². The summed E-state index contributed by atoms with van der Waals surface area (Å²) < 4.78 is 13.1. The summed E-state index contributed by atoms with van der Waals surface area (Å²) in [5, 5.41) is 10.4. The average Bonchev–Trinajstić information content (AvgIpc) is 2.11. The van der Waals surface area contributed by atoms with E-state index in [2.05, 4.69) is 4.99 Å². The lowest BCUT2D eigenvalue weighted by Gasteiger charge is -1.98. The van der Waals surface area contributed by atoms with Crippen molar-refractivity contribution >= 4 is 17.5 Å². The topological polar surface area (TPSA) is 72.6 Å². The van der Waals surface area contributed by atoms with Crippen molar-refractivity contribution in [3.05, 3.63) is 33.6 Å². The van der Waals surface area contributed by atoms with Gasteiger partial charge in [-0.3, -0.25) is 10.1 Å². The second-order valence-electron chi connectivity index (χ2n) is 2.56. The Morgan fingerprint density at radius 3 is 2.71 bits per heavy atom. The maximum absolute atomic E-state index is 13.1. The molecule has 5 nitrogen and oxygen atoms in total. The maximum Gasteiger partial charge on any atom is 0.307 e. The molecule has 1 rings (SSSR count). The summed E-state index contributed by atoms with van der Waals surface area (Å²) in [5.41, 5.74) is -0.613. The Hall–Kier alpha value is -2.07. The molecule has 0 aliphatic rings. The first-order valence-electron chi connectivity index (χ1n) is 3.58. The van der Waals surface area contributed by atoms with Crippen LogP contribution in [-0.4, -0.2) is 11.0 Å². The largest absolute Gasteiger partial charge is 0.307 e. The Kier molecular flexibility index (Phi) is 2.69. The van der Waals surface area contributed by atoms with Crippen molar-refractivity contribution in [2.75, 3.05) is 0 Å². The molecule has 1 aromatic carbocycles. The second-order valence-corrected chi connectivity index (χ2v) is 2.56. The second kappa shape index (κ2) is 3.76. The molecule has 0 fully saturated rings. The SMILES string of the molecule is Cc1cc(N=C=O)cc([N+](=O)[O-])c1F. The molecular formula is C8H5FN2O3. The average molecular weight is 196 g/mol. The van der Waals surface area contributed by atoms with Gasteiger partial charge in [0.15, 0.2) is 0 Å². The van der Waals surface area contributed by atoms with Crippen LogP contribution in [-0.2, 0) is 4.79 Å². The van der Waals surface area contributed by atoms with E-state index in [0.29, 0.717) is 0 Å². The summed E-state index contributed by atoms with van der Waals surface area (Å²) in [4.78, 5) is 22.6. The number of benzene rings is 1. The Labute approximate surface area is 78.0 Å². The van der Waals surface area contributed by atoms with Crippen LogP contribution in [0.25, 0.3) is 0 Å². The zero-order valence-electron chi connectivity index (χ0n) is 7.15. The van der Waals surface area contributed by atoms with Gasteiger partial charge in [0, 0.05) is 6.07 Å². The molecule has 14 heavy (non-hydrogen) atoms. The zero-order chi connectivity index (χ0) is 10.7. The van der Waals surface area contributed by atoms with Crippen LogP contribution in [0.15, 0.2) is 17.1 Å². The minimum absolute atomic E-state index is 0.0191. The monoisotopic (exact) mass is 196 g/mol. The summed E-state index contributed by atoms with van der Waals surface area (Å²) >= 11 is 0. The van der Waals surface area contributed by atoms with E-state index < -0.39 is 16.4 Å². The van der Waals surface area contributed by atoms with Gasteiger partial charge in [-0.2, -0.15) is 9.38 Å². The van der Waals surface area contributed by atoms with Crippen molar-refractivity contribution in [2.24, 2.45) is 4.99 Å². The van der Waals surface area contributed by atoms with Gasteiger partial charge in [0.25, 0.3) is 0 Å². The van der Waals surface area contributed by atoms with Gasteiger partial charge in [-0.15, -0.1) is 0 Å². The number of aryl methyl sites for hydroxylation is 1. The summed E-state index contributed by atoms with van der Waals surface area (Å²) in [6.07, 6.45) is 1.23. The quantitative estimate of drug-likeness (QED) is 0.314. The van der Waals surface area contributed by atoms with Gasteiger partial charge in [-0.25, -0.2) is 4.79 Å². The standard InChI is InChI=1S/C8H5FN2O3/c1-5-2-6(10-4-12)3-7(8(5)9)11(13)14/h2-3H,1H3. The van der Waals surface area contributed by atoms with Crippen LogP contribution in [0.2, 0.25) is 0 Å². The van der Waals surface area contributed by atoms with Crippen LogP contribution in [0, 0.1) is 22.9 Å². The highest BCUT2D eigenvalue weighted by molar-refractivity contribution is 5.55. The number of carbonyl (C=O) groups excluding carboxylic acids is 1. The van der Waals surface area contributed by atoms with E-state index in [1.54, 1.807) is 0 Å². The molecule has 0 atom stereocenters. The van der Waals surface area contributed by atoms with Gasteiger partial charge in [-0.05, 0) is 18.6 Å². The number of nitrogens with zero attached hydrogens (tertiary/aromatic N) is 2. The molecule has 72 valence electrons. The van der Waals surface area contributed by atoms with Crippen molar-refractivity contribution in [3.8, 4) is 0 Å². The molecule has 0 aliphatic heterocycles. The Morgan fingerprint density at radius 1 is 1.57 bits per heavy atom. The van der Waals surface area contributed by atoms with Crippen LogP contribution in [0.5, 0.6) is 0 Å². The first-order chi connectivity index (χ1) is 6.56. The molecule has 0 radical (unpaired) electrons.